The summed E-state index contributed by atoms with van der Waals surface area (Å²) in [6.07, 6.45) is 2.22. The van der Waals surface area contributed by atoms with Gasteiger partial charge in [0.1, 0.15) is 0 Å². The molecule has 0 aliphatic rings. The lowest BCUT2D eigenvalue weighted by Crippen LogP contribution is -2.30. The Bertz CT molecular complexity index is 148. The Kier molecular flexibility index (Phi) is 7.06. The van der Waals surface area contributed by atoms with Gasteiger partial charge in [-0.1, -0.05) is 20.8 Å². The third-order valence-electron chi connectivity index (χ3n) is 1.94. The molecule has 0 fully saturated rings. The normalized spacial score (nSPS) is 13.0. The molecule has 78 valence electrons. The Morgan fingerprint density at radius 1 is 1.38 bits per heavy atom. The summed E-state index contributed by atoms with van der Waals surface area (Å²) in [6, 6.07) is 0. The number of hydrogen-bond acceptors (Lipinski definition) is 1. The molecule has 0 heterocycles. The van der Waals surface area contributed by atoms with Crippen molar-refractivity contribution in [2.45, 2.75) is 33.6 Å². The van der Waals surface area contributed by atoms with Crippen LogP contribution in [0.5, 0.6) is 0 Å². The number of carbonyl (C=O) groups is 1. The van der Waals surface area contributed by atoms with Crippen LogP contribution in [0.4, 0.5) is 0 Å². The van der Waals surface area contributed by atoms with Crippen LogP contribution in [0.2, 0.25) is 0 Å². The smallest absolute Gasteiger partial charge is 0.224 e. The van der Waals surface area contributed by atoms with E-state index in [1.807, 2.05) is 6.92 Å². The van der Waals surface area contributed by atoms with Crippen molar-refractivity contribution < 1.29 is 4.79 Å². The molecule has 0 aliphatic heterocycles. The summed E-state index contributed by atoms with van der Waals surface area (Å²) < 4.78 is 0. The second kappa shape index (κ2) is 7.19. The van der Waals surface area contributed by atoms with E-state index in [9.17, 15) is 4.79 Å². The van der Waals surface area contributed by atoms with Gasteiger partial charge in [-0.2, -0.15) is 0 Å². The van der Waals surface area contributed by atoms with E-state index in [1.54, 1.807) is 0 Å². The van der Waals surface area contributed by atoms with E-state index in [1.165, 1.54) is 0 Å². The van der Waals surface area contributed by atoms with Gasteiger partial charge in [-0.15, -0.1) is 11.6 Å². The highest BCUT2D eigenvalue weighted by molar-refractivity contribution is 6.19. The second-order valence-corrected chi connectivity index (χ2v) is 4.19. The minimum atomic E-state index is -0.0688. The molecule has 0 saturated carbocycles. The molecule has 3 heteroatoms. The number of nitrogens with one attached hydrogen (secondary N) is 1. The van der Waals surface area contributed by atoms with Gasteiger partial charge in [0.25, 0.3) is 0 Å². The zero-order chi connectivity index (χ0) is 10.3. The first-order valence-corrected chi connectivity index (χ1v) is 5.45. The number of rotatable bonds is 6. The molecular weight excluding hydrogens is 186 g/mol. The SMILES string of the molecule is CC(C)CCCNC(=O)C(C)CCl. The minimum Gasteiger partial charge on any atom is -0.356 e. The predicted octanol–water partition coefficient (Wildman–Crippen LogP) is 2.41. The summed E-state index contributed by atoms with van der Waals surface area (Å²) in [5.74, 6) is 1.11. The van der Waals surface area contributed by atoms with E-state index in [0.29, 0.717) is 11.8 Å². The van der Waals surface area contributed by atoms with Gasteiger partial charge >= 0.3 is 0 Å². The van der Waals surface area contributed by atoms with Crippen molar-refractivity contribution in [1.29, 1.82) is 0 Å². The average Bonchev–Trinajstić information content (AvgIpc) is 2.10. The molecule has 1 atom stereocenters. The largest absolute Gasteiger partial charge is 0.356 e. The molecule has 0 saturated heterocycles. The Balaban J connectivity index is 3.37. The fourth-order valence-electron chi connectivity index (χ4n) is 0.966. The zero-order valence-electron chi connectivity index (χ0n) is 8.77. The highest BCUT2D eigenvalue weighted by Crippen LogP contribution is 2.02. The molecule has 0 spiro atoms. The summed E-state index contributed by atoms with van der Waals surface area (Å²) >= 11 is 5.55. The lowest BCUT2D eigenvalue weighted by Gasteiger charge is -2.09. The Labute approximate surface area is 86.0 Å². The van der Waals surface area contributed by atoms with Crippen molar-refractivity contribution in [3.8, 4) is 0 Å². The molecule has 2 nitrogen and oxygen atoms in total. The van der Waals surface area contributed by atoms with Crippen molar-refractivity contribution in [2.24, 2.45) is 11.8 Å². The maximum atomic E-state index is 11.2. The molecule has 13 heavy (non-hydrogen) atoms. The lowest BCUT2D eigenvalue weighted by atomic mass is 10.1. The van der Waals surface area contributed by atoms with Crippen molar-refractivity contribution in [2.75, 3.05) is 12.4 Å². The van der Waals surface area contributed by atoms with Crippen LogP contribution in [0.15, 0.2) is 0 Å². The zero-order valence-corrected chi connectivity index (χ0v) is 9.53. The Hall–Kier alpha value is -0.240. The van der Waals surface area contributed by atoms with Gasteiger partial charge < -0.3 is 5.32 Å². The van der Waals surface area contributed by atoms with Gasteiger partial charge in [0.2, 0.25) is 5.91 Å². The lowest BCUT2D eigenvalue weighted by molar-refractivity contribution is -0.123. The molecule has 0 bridgehead atoms. The Morgan fingerprint density at radius 3 is 2.46 bits per heavy atom. The van der Waals surface area contributed by atoms with Crippen molar-refractivity contribution in [3.05, 3.63) is 0 Å². The standard InChI is InChI=1S/C10H20ClNO/c1-8(2)5-4-6-12-10(13)9(3)7-11/h8-9H,4-7H2,1-3H3,(H,12,13). The molecule has 0 aromatic carbocycles. The van der Waals surface area contributed by atoms with Crippen LogP contribution >= 0.6 is 11.6 Å². The first-order valence-electron chi connectivity index (χ1n) is 4.91. The molecule has 0 aromatic rings. The van der Waals surface area contributed by atoms with E-state index in [2.05, 4.69) is 19.2 Å². The maximum Gasteiger partial charge on any atom is 0.224 e. The summed E-state index contributed by atoms with van der Waals surface area (Å²) in [5.41, 5.74) is 0. The van der Waals surface area contributed by atoms with E-state index in [-0.39, 0.29) is 11.8 Å². The molecule has 0 aliphatic carbocycles. The third kappa shape index (κ3) is 6.88. The number of halogens is 1. The van der Waals surface area contributed by atoms with Gasteiger partial charge in [0.05, 0.1) is 0 Å². The van der Waals surface area contributed by atoms with Crippen LogP contribution in [0.1, 0.15) is 33.6 Å². The van der Waals surface area contributed by atoms with E-state index in [4.69, 9.17) is 11.6 Å². The molecule has 1 unspecified atom stereocenters. The highest BCUT2D eigenvalue weighted by atomic mass is 35.5. The van der Waals surface area contributed by atoms with Crippen LogP contribution < -0.4 is 5.32 Å². The average molecular weight is 206 g/mol. The monoisotopic (exact) mass is 205 g/mol. The van der Waals surface area contributed by atoms with Crippen molar-refractivity contribution in [3.63, 3.8) is 0 Å². The van der Waals surface area contributed by atoms with Gasteiger partial charge in [-0.25, -0.2) is 0 Å². The third-order valence-corrected chi connectivity index (χ3v) is 2.40. The fourth-order valence-corrected chi connectivity index (χ4v) is 1.11. The van der Waals surface area contributed by atoms with Crippen LogP contribution in [0.3, 0.4) is 0 Å². The van der Waals surface area contributed by atoms with Crippen LogP contribution in [0.25, 0.3) is 0 Å². The Morgan fingerprint density at radius 2 is 2.00 bits per heavy atom. The molecule has 0 radical (unpaired) electrons. The van der Waals surface area contributed by atoms with Crippen LogP contribution in [0, 0.1) is 11.8 Å². The number of amides is 1. The first-order chi connectivity index (χ1) is 6.07. The van der Waals surface area contributed by atoms with Crippen molar-refractivity contribution in [1.82, 2.24) is 5.32 Å². The maximum absolute atomic E-state index is 11.2. The predicted molar refractivity (Wildman–Crippen MR) is 57.0 cm³/mol. The van der Waals surface area contributed by atoms with E-state index in [0.717, 1.165) is 19.4 Å². The molecule has 0 aromatic heterocycles. The second-order valence-electron chi connectivity index (χ2n) is 3.88. The molecular formula is C10H20ClNO. The number of carbonyl (C=O) groups excluding carboxylic acids is 1. The van der Waals surface area contributed by atoms with Crippen LogP contribution in [-0.4, -0.2) is 18.3 Å². The van der Waals surface area contributed by atoms with Gasteiger partial charge in [0, 0.05) is 18.3 Å². The van der Waals surface area contributed by atoms with E-state index < -0.39 is 0 Å². The summed E-state index contributed by atoms with van der Waals surface area (Å²) in [7, 11) is 0. The number of hydrogen-bond donors (Lipinski definition) is 1. The fraction of sp³-hybridized carbons (Fsp3) is 0.900. The molecule has 1 N–H and O–H groups in total. The van der Waals surface area contributed by atoms with Gasteiger partial charge in [0.15, 0.2) is 0 Å². The summed E-state index contributed by atoms with van der Waals surface area (Å²) in [4.78, 5) is 11.2. The quantitative estimate of drug-likeness (QED) is 0.524. The minimum absolute atomic E-state index is 0.0683. The topological polar surface area (TPSA) is 29.1 Å². The van der Waals surface area contributed by atoms with Gasteiger partial charge in [-0.05, 0) is 18.8 Å². The summed E-state index contributed by atoms with van der Waals surface area (Å²) in [6.45, 7) is 6.98. The highest BCUT2D eigenvalue weighted by Gasteiger charge is 2.09. The van der Waals surface area contributed by atoms with Crippen molar-refractivity contribution >= 4 is 17.5 Å². The van der Waals surface area contributed by atoms with Crippen LogP contribution in [-0.2, 0) is 4.79 Å². The molecule has 0 rings (SSSR count). The first kappa shape index (κ1) is 12.8. The van der Waals surface area contributed by atoms with Gasteiger partial charge in [-0.3, -0.25) is 4.79 Å². The number of alkyl halides is 1. The summed E-state index contributed by atoms with van der Waals surface area (Å²) in [5, 5.41) is 2.87. The molecule has 1 amide bonds. The van der Waals surface area contributed by atoms with E-state index >= 15 is 0 Å².